The van der Waals surface area contributed by atoms with Crippen LogP contribution in [0.15, 0.2) is 24.3 Å². The van der Waals surface area contributed by atoms with Crippen LogP contribution in [-0.4, -0.2) is 7.11 Å². The van der Waals surface area contributed by atoms with E-state index in [1.165, 1.54) is 0 Å². The summed E-state index contributed by atoms with van der Waals surface area (Å²) in [6.07, 6.45) is 0. The second-order valence-corrected chi connectivity index (χ2v) is 2.70. The number of hydrogen-bond acceptors (Lipinski definition) is 2. The second-order valence-electron chi connectivity index (χ2n) is 2.27. The zero-order valence-corrected chi connectivity index (χ0v) is 7.38. The standard InChI is InChI=1S/C9H8ClNO/c1-12-8-4-2-3-7(5-8)9(10)6-11/h2-5,9H,1H3. The maximum Gasteiger partial charge on any atom is 0.145 e. The van der Waals surface area contributed by atoms with Crippen LogP contribution in [0.2, 0.25) is 0 Å². The lowest BCUT2D eigenvalue weighted by Gasteiger charge is -2.03. The number of ether oxygens (including phenoxy) is 1. The molecular weight excluding hydrogens is 174 g/mol. The predicted molar refractivity (Wildman–Crippen MR) is 47.2 cm³/mol. The average molecular weight is 182 g/mol. The molecule has 2 nitrogen and oxygen atoms in total. The van der Waals surface area contributed by atoms with Gasteiger partial charge in [-0.05, 0) is 17.7 Å². The third kappa shape index (κ3) is 1.90. The topological polar surface area (TPSA) is 33.0 Å². The van der Waals surface area contributed by atoms with Crippen molar-refractivity contribution in [2.45, 2.75) is 5.38 Å². The molecule has 3 heteroatoms. The fourth-order valence-corrected chi connectivity index (χ4v) is 1.01. The minimum atomic E-state index is -0.597. The third-order valence-electron chi connectivity index (χ3n) is 1.50. The summed E-state index contributed by atoms with van der Waals surface area (Å²) in [6.45, 7) is 0. The first-order valence-corrected chi connectivity index (χ1v) is 3.89. The summed E-state index contributed by atoms with van der Waals surface area (Å²) in [4.78, 5) is 0. The molecule has 12 heavy (non-hydrogen) atoms. The van der Waals surface area contributed by atoms with E-state index >= 15 is 0 Å². The van der Waals surface area contributed by atoms with Gasteiger partial charge in [-0.25, -0.2) is 0 Å². The maximum absolute atomic E-state index is 8.53. The van der Waals surface area contributed by atoms with Gasteiger partial charge in [0.15, 0.2) is 0 Å². The molecule has 62 valence electrons. The van der Waals surface area contributed by atoms with Crippen LogP contribution in [0.3, 0.4) is 0 Å². The number of rotatable bonds is 2. The summed E-state index contributed by atoms with van der Waals surface area (Å²) in [7, 11) is 1.58. The third-order valence-corrected chi connectivity index (χ3v) is 1.85. The molecule has 0 amide bonds. The van der Waals surface area contributed by atoms with E-state index in [4.69, 9.17) is 21.6 Å². The molecule has 0 saturated heterocycles. The lowest BCUT2D eigenvalue weighted by Crippen LogP contribution is -1.88. The van der Waals surface area contributed by atoms with E-state index in [1.807, 2.05) is 12.1 Å². The van der Waals surface area contributed by atoms with Gasteiger partial charge in [0.1, 0.15) is 11.1 Å². The van der Waals surface area contributed by atoms with Crippen molar-refractivity contribution < 1.29 is 4.74 Å². The van der Waals surface area contributed by atoms with Gasteiger partial charge in [-0.3, -0.25) is 0 Å². The number of benzene rings is 1. The lowest BCUT2D eigenvalue weighted by molar-refractivity contribution is 0.414. The van der Waals surface area contributed by atoms with Crippen LogP contribution in [0.25, 0.3) is 0 Å². The fourth-order valence-electron chi connectivity index (χ4n) is 0.874. The molecule has 1 unspecified atom stereocenters. The van der Waals surface area contributed by atoms with Gasteiger partial charge in [-0.15, -0.1) is 11.6 Å². The van der Waals surface area contributed by atoms with Gasteiger partial charge >= 0.3 is 0 Å². The number of nitrogens with zero attached hydrogens (tertiary/aromatic N) is 1. The summed E-state index contributed by atoms with van der Waals surface area (Å²) in [5.74, 6) is 0.716. The quantitative estimate of drug-likeness (QED) is 0.657. The normalized spacial score (nSPS) is 11.8. The lowest BCUT2D eigenvalue weighted by atomic mass is 10.1. The molecule has 0 aliphatic carbocycles. The first kappa shape index (κ1) is 8.89. The van der Waals surface area contributed by atoms with Gasteiger partial charge in [0, 0.05) is 0 Å². The Kier molecular flexibility index (Phi) is 2.95. The Bertz CT molecular complexity index is 306. The Labute approximate surface area is 76.3 Å². The van der Waals surface area contributed by atoms with E-state index < -0.39 is 5.38 Å². The summed E-state index contributed by atoms with van der Waals surface area (Å²) in [5, 5.41) is 7.93. The smallest absolute Gasteiger partial charge is 0.145 e. The summed E-state index contributed by atoms with van der Waals surface area (Å²) >= 11 is 5.70. The second kappa shape index (κ2) is 3.99. The van der Waals surface area contributed by atoms with Crippen LogP contribution in [0.5, 0.6) is 5.75 Å². The summed E-state index contributed by atoms with van der Waals surface area (Å²) in [6, 6.07) is 9.10. The Morgan fingerprint density at radius 2 is 2.33 bits per heavy atom. The van der Waals surface area contributed by atoms with Gasteiger partial charge < -0.3 is 4.74 Å². The van der Waals surface area contributed by atoms with E-state index in [2.05, 4.69) is 0 Å². The van der Waals surface area contributed by atoms with Crippen molar-refractivity contribution >= 4 is 11.6 Å². The number of halogens is 1. The van der Waals surface area contributed by atoms with Crippen molar-refractivity contribution in [2.75, 3.05) is 7.11 Å². The summed E-state index contributed by atoms with van der Waals surface area (Å²) < 4.78 is 4.98. The fraction of sp³-hybridized carbons (Fsp3) is 0.222. The van der Waals surface area contributed by atoms with Gasteiger partial charge in [0.2, 0.25) is 0 Å². The van der Waals surface area contributed by atoms with Gasteiger partial charge in [-0.1, -0.05) is 12.1 Å². The Morgan fingerprint density at radius 3 is 2.92 bits per heavy atom. The van der Waals surface area contributed by atoms with Crippen molar-refractivity contribution in [3.8, 4) is 11.8 Å². The minimum absolute atomic E-state index is 0.597. The molecule has 0 spiro atoms. The van der Waals surface area contributed by atoms with E-state index in [0.29, 0.717) is 5.75 Å². The molecule has 0 heterocycles. The van der Waals surface area contributed by atoms with E-state index in [9.17, 15) is 0 Å². The SMILES string of the molecule is COc1cccc(C(Cl)C#N)c1. The Morgan fingerprint density at radius 1 is 1.58 bits per heavy atom. The molecule has 0 bridgehead atoms. The van der Waals surface area contributed by atoms with Crippen LogP contribution in [0, 0.1) is 11.3 Å². The van der Waals surface area contributed by atoms with Crippen molar-refractivity contribution in [3.63, 3.8) is 0 Å². The van der Waals surface area contributed by atoms with Crippen molar-refractivity contribution in [2.24, 2.45) is 0 Å². The first-order chi connectivity index (χ1) is 5.77. The zero-order valence-electron chi connectivity index (χ0n) is 6.62. The highest BCUT2D eigenvalue weighted by atomic mass is 35.5. The molecule has 1 atom stereocenters. The maximum atomic E-state index is 8.53. The highest BCUT2D eigenvalue weighted by molar-refractivity contribution is 6.22. The number of nitriles is 1. The van der Waals surface area contributed by atoms with Gasteiger partial charge in [-0.2, -0.15) is 5.26 Å². The highest BCUT2D eigenvalue weighted by Crippen LogP contribution is 2.22. The first-order valence-electron chi connectivity index (χ1n) is 3.45. The summed E-state index contributed by atoms with van der Waals surface area (Å²) in [5.41, 5.74) is 0.763. The predicted octanol–water partition coefficient (Wildman–Crippen LogP) is 2.50. The number of methoxy groups -OCH3 is 1. The van der Waals surface area contributed by atoms with Crippen LogP contribution in [-0.2, 0) is 0 Å². The molecule has 0 radical (unpaired) electrons. The highest BCUT2D eigenvalue weighted by Gasteiger charge is 2.05. The molecule has 0 saturated carbocycles. The number of alkyl halides is 1. The molecule has 1 rings (SSSR count). The van der Waals surface area contributed by atoms with E-state index in [0.717, 1.165) is 5.56 Å². The largest absolute Gasteiger partial charge is 0.497 e. The van der Waals surface area contributed by atoms with E-state index in [1.54, 1.807) is 25.3 Å². The van der Waals surface area contributed by atoms with Gasteiger partial charge in [0.25, 0.3) is 0 Å². The molecule has 1 aromatic rings. The molecule has 0 aliphatic rings. The molecule has 0 aliphatic heterocycles. The minimum Gasteiger partial charge on any atom is -0.497 e. The van der Waals surface area contributed by atoms with Crippen LogP contribution >= 0.6 is 11.6 Å². The molecule has 1 aromatic carbocycles. The Hall–Kier alpha value is -1.20. The molecule has 0 N–H and O–H groups in total. The van der Waals surface area contributed by atoms with Crippen LogP contribution in [0.1, 0.15) is 10.9 Å². The Balaban J connectivity index is 2.95. The molecular formula is C9H8ClNO. The average Bonchev–Trinajstić information content (AvgIpc) is 2.17. The monoisotopic (exact) mass is 181 g/mol. The molecule has 0 aromatic heterocycles. The van der Waals surface area contributed by atoms with Crippen LogP contribution in [0.4, 0.5) is 0 Å². The van der Waals surface area contributed by atoms with Gasteiger partial charge in [0.05, 0.1) is 13.2 Å². The number of hydrogen-bond donors (Lipinski definition) is 0. The van der Waals surface area contributed by atoms with Crippen LogP contribution < -0.4 is 4.74 Å². The van der Waals surface area contributed by atoms with Crippen molar-refractivity contribution in [3.05, 3.63) is 29.8 Å². The van der Waals surface area contributed by atoms with E-state index in [-0.39, 0.29) is 0 Å². The van der Waals surface area contributed by atoms with Crippen molar-refractivity contribution in [1.29, 1.82) is 5.26 Å². The molecule has 0 fully saturated rings. The zero-order chi connectivity index (χ0) is 8.97. The van der Waals surface area contributed by atoms with Crippen molar-refractivity contribution in [1.82, 2.24) is 0 Å².